The lowest BCUT2D eigenvalue weighted by molar-refractivity contribution is 0.0810. The molecule has 158 valence electrons. The molecule has 0 aliphatic rings. The van der Waals surface area contributed by atoms with Crippen molar-refractivity contribution in [3.63, 3.8) is 0 Å². The van der Waals surface area contributed by atoms with Crippen LogP contribution in [0.2, 0.25) is 5.02 Å². The van der Waals surface area contributed by atoms with Gasteiger partial charge in [-0.15, -0.1) is 0 Å². The van der Waals surface area contributed by atoms with Crippen LogP contribution in [0.3, 0.4) is 0 Å². The van der Waals surface area contributed by atoms with Crippen LogP contribution in [-0.4, -0.2) is 36.2 Å². The Hall–Kier alpha value is -2.33. The number of aliphatic hydroxyl groups is 1. The molecule has 4 heteroatoms. The predicted octanol–water partition coefficient (Wildman–Crippen LogP) is 5.54. The summed E-state index contributed by atoms with van der Waals surface area (Å²) in [6.07, 6.45) is 0.455. The Morgan fingerprint density at radius 1 is 0.833 bits per heavy atom. The normalized spacial score (nSPS) is 13.2. The van der Waals surface area contributed by atoms with Crippen molar-refractivity contribution in [1.82, 2.24) is 4.90 Å². The van der Waals surface area contributed by atoms with Gasteiger partial charge in [0.2, 0.25) is 0 Å². The molecule has 3 aromatic rings. The molecule has 0 radical (unpaired) electrons. The van der Waals surface area contributed by atoms with Crippen LogP contribution < -0.4 is 4.74 Å². The van der Waals surface area contributed by atoms with E-state index in [2.05, 4.69) is 18.7 Å². The molecule has 0 unspecified atom stereocenters. The van der Waals surface area contributed by atoms with Gasteiger partial charge in [0, 0.05) is 18.0 Å². The van der Waals surface area contributed by atoms with Gasteiger partial charge in [0.1, 0.15) is 18.0 Å². The average molecular weight is 424 g/mol. The summed E-state index contributed by atoms with van der Waals surface area (Å²) >= 11 is 6.03. The molecule has 0 bridgehead atoms. The maximum atomic E-state index is 11.8. The second kappa shape index (κ2) is 10.6. The van der Waals surface area contributed by atoms with Crippen LogP contribution >= 0.6 is 11.6 Å². The summed E-state index contributed by atoms with van der Waals surface area (Å²) in [5, 5.41) is 12.5. The number of hydrogen-bond acceptors (Lipinski definition) is 3. The Balaban J connectivity index is 1.80. The monoisotopic (exact) mass is 423 g/mol. The highest BCUT2D eigenvalue weighted by Crippen LogP contribution is 2.34. The average Bonchev–Trinajstić information content (AvgIpc) is 2.79. The third kappa shape index (κ3) is 5.63. The largest absolute Gasteiger partial charge is 0.492 e. The molecule has 0 fully saturated rings. The Labute approximate surface area is 184 Å². The van der Waals surface area contributed by atoms with Gasteiger partial charge in [-0.1, -0.05) is 80.0 Å². The van der Waals surface area contributed by atoms with Crippen LogP contribution in [0.4, 0.5) is 0 Å². The lowest BCUT2D eigenvalue weighted by atomic mass is 9.81. The number of benzene rings is 3. The summed E-state index contributed by atoms with van der Waals surface area (Å²) in [6, 6.07) is 25.2. The zero-order chi connectivity index (χ0) is 21.4. The van der Waals surface area contributed by atoms with Crippen LogP contribution in [0, 0.1) is 0 Å². The molecule has 0 aliphatic carbocycles. The summed E-state index contributed by atoms with van der Waals surface area (Å²) in [4.78, 5) is 2.33. The van der Waals surface area contributed by atoms with Gasteiger partial charge in [0.15, 0.2) is 0 Å². The van der Waals surface area contributed by atoms with Gasteiger partial charge in [-0.2, -0.15) is 0 Å². The van der Waals surface area contributed by atoms with E-state index in [-0.39, 0.29) is 0 Å². The van der Waals surface area contributed by atoms with Gasteiger partial charge in [-0.05, 0) is 54.0 Å². The van der Waals surface area contributed by atoms with Gasteiger partial charge in [0.25, 0.3) is 0 Å². The van der Waals surface area contributed by atoms with E-state index >= 15 is 0 Å². The minimum absolute atomic E-state index is 0.455. The summed E-state index contributed by atoms with van der Waals surface area (Å²) < 4.78 is 5.91. The van der Waals surface area contributed by atoms with Crippen LogP contribution in [0.15, 0.2) is 78.9 Å². The molecule has 0 aromatic heterocycles. The molecule has 3 aromatic carbocycles. The zero-order valence-electron chi connectivity index (χ0n) is 17.7. The first-order valence-electron chi connectivity index (χ1n) is 10.5. The van der Waals surface area contributed by atoms with E-state index in [1.807, 2.05) is 78.9 Å². The van der Waals surface area contributed by atoms with E-state index in [4.69, 9.17) is 16.3 Å². The van der Waals surface area contributed by atoms with Crippen molar-refractivity contribution in [3.8, 4) is 5.75 Å². The Kier molecular flexibility index (Phi) is 7.92. The molecule has 0 saturated carbocycles. The quantitative estimate of drug-likeness (QED) is 0.464. The number of rotatable bonds is 10. The highest BCUT2D eigenvalue weighted by atomic mass is 35.5. The Morgan fingerprint density at radius 3 is 2.03 bits per heavy atom. The molecule has 0 heterocycles. The first kappa shape index (κ1) is 22.4. The van der Waals surface area contributed by atoms with Crippen molar-refractivity contribution in [2.75, 3.05) is 26.2 Å². The third-order valence-corrected chi connectivity index (χ3v) is 5.78. The van der Waals surface area contributed by atoms with E-state index in [0.717, 1.165) is 42.1 Å². The van der Waals surface area contributed by atoms with Crippen LogP contribution in [0.1, 0.15) is 30.5 Å². The van der Waals surface area contributed by atoms with Crippen LogP contribution in [0.25, 0.3) is 0 Å². The second-order valence-corrected chi connectivity index (χ2v) is 7.87. The number of ether oxygens (including phenoxy) is 1. The van der Waals surface area contributed by atoms with Crippen molar-refractivity contribution in [2.24, 2.45) is 0 Å². The van der Waals surface area contributed by atoms with Crippen molar-refractivity contribution in [2.45, 2.75) is 25.9 Å². The molecule has 0 saturated heterocycles. The molecule has 3 nitrogen and oxygen atoms in total. The first-order chi connectivity index (χ1) is 14.5. The smallest absolute Gasteiger partial charge is 0.119 e. The summed E-state index contributed by atoms with van der Waals surface area (Å²) in [7, 11) is 0. The molecule has 3 rings (SSSR count). The SMILES string of the molecule is CCN(CC)CCOc1ccc([C@](O)(Cc2ccc(Cl)cc2)c2ccccc2)cc1. The Morgan fingerprint density at radius 2 is 1.43 bits per heavy atom. The van der Waals surface area contributed by atoms with Gasteiger partial charge >= 0.3 is 0 Å². The Bertz CT molecular complexity index is 893. The molecule has 1 atom stereocenters. The van der Waals surface area contributed by atoms with Gasteiger partial charge < -0.3 is 14.7 Å². The lowest BCUT2D eigenvalue weighted by Gasteiger charge is -2.30. The summed E-state index contributed by atoms with van der Waals surface area (Å²) in [5.41, 5.74) is 1.56. The van der Waals surface area contributed by atoms with Gasteiger partial charge in [0.05, 0.1) is 0 Å². The fourth-order valence-corrected chi connectivity index (χ4v) is 3.77. The van der Waals surface area contributed by atoms with E-state index in [1.165, 1.54) is 0 Å². The van der Waals surface area contributed by atoms with E-state index in [0.29, 0.717) is 18.1 Å². The summed E-state index contributed by atoms with van der Waals surface area (Å²) in [6.45, 7) is 7.90. The van der Waals surface area contributed by atoms with Crippen molar-refractivity contribution >= 4 is 11.6 Å². The third-order valence-electron chi connectivity index (χ3n) is 5.53. The van der Waals surface area contributed by atoms with Crippen molar-refractivity contribution in [3.05, 3.63) is 101 Å². The summed E-state index contributed by atoms with van der Waals surface area (Å²) in [5.74, 6) is 0.813. The predicted molar refractivity (Wildman–Crippen MR) is 124 cm³/mol. The zero-order valence-corrected chi connectivity index (χ0v) is 18.5. The number of nitrogens with zero attached hydrogens (tertiary/aromatic N) is 1. The molecule has 30 heavy (non-hydrogen) atoms. The van der Waals surface area contributed by atoms with Crippen molar-refractivity contribution < 1.29 is 9.84 Å². The van der Waals surface area contributed by atoms with E-state index in [1.54, 1.807) is 0 Å². The van der Waals surface area contributed by atoms with E-state index in [9.17, 15) is 5.11 Å². The fraction of sp³-hybridized carbons (Fsp3) is 0.308. The minimum Gasteiger partial charge on any atom is -0.492 e. The molecule has 0 amide bonds. The fourth-order valence-electron chi connectivity index (χ4n) is 3.64. The number of hydrogen-bond donors (Lipinski definition) is 1. The van der Waals surface area contributed by atoms with E-state index < -0.39 is 5.60 Å². The van der Waals surface area contributed by atoms with Crippen LogP contribution in [0.5, 0.6) is 5.75 Å². The highest BCUT2D eigenvalue weighted by Gasteiger charge is 2.31. The molecular weight excluding hydrogens is 394 g/mol. The topological polar surface area (TPSA) is 32.7 Å². The standard InChI is InChI=1S/C26H30ClNO2/c1-3-28(4-2)18-19-30-25-16-12-23(13-17-25)26(29,22-8-6-5-7-9-22)20-21-10-14-24(27)15-11-21/h5-17,29H,3-4,18-20H2,1-2H3/t26-/m0/s1. The first-order valence-corrected chi connectivity index (χ1v) is 10.9. The number of likely N-dealkylation sites (N-methyl/N-ethyl adjacent to an activating group) is 1. The van der Waals surface area contributed by atoms with Crippen molar-refractivity contribution in [1.29, 1.82) is 0 Å². The maximum absolute atomic E-state index is 11.8. The number of halogens is 1. The maximum Gasteiger partial charge on any atom is 0.119 e. The highest BCUT2D eigenvalue weighted by molar-refractivity contribution is 6.30. The molecule has 1 N–H and O–H groups in total. The molecule has 0 spiro atoms. The lowest BCUT2D eigenvalue weighted by Crippen LogP contribution is -2.30. The van der Waals surface area contributed by atoms with Gasteiger partial charge in [-0.25, -0.2) is 0 Å². The molecular formula is C26H30ClNO2. The van der Waals surface area contributed by atoms with Crippen LogP contribution in [-0.2, 0) is 12.0 Å². The molecule has 0 aliphatic heterocycles. The van der Waals surface area contributed by atoms with Gasteiger partial charge in [-0.3, -0.25) is 0 Å². The minimum atomic E-state index is -1.14. The second-order valence-electron chi connectivity index (χ2n) is 7.43.